The molecule has 0 spiro atoms. The van der Waals surface area contributed by atoms with E-state index in [-0.39, 0.29) is 23.7 Å². The molecule has 2 fully saturated rings. The van der Waals surface area contributed by atoms with Crippen molar-refractivity contribution >= 4 is 29.0 Å². The van der Waals surface area contributed by atoms with Gasteiger partial charge in [0.2, 0.25) is 0 Å². The van der Waals surface area contributed by atoms with Gasteiger partial charge in [0, 0.05) is 61.3 Å². The molecule has 168 valence electrons. The molecule has 1 saturated heterocycles. The third-order valence-electron chi connectivity index (χ3n) is 6.08. The largest absolute Gasteiger partial charge is 0.368 e. The van der Waals surface area contributed by atoms with E-state index >= 15 is 0 Å². The maximum Gasteiger partial charge on any atom is 0.321 e. The minimum absolute atomic E-state index is 0.0637. The molecule has 1 saturated carbocycles. The molecule has 2 aromatic rings. The molecule has 0 atom stereocenters. The Labute approximate surface area is 186 Å². The van der Waals surface area contributed by atoms with Crippen molar-refractivity contribution in [3.05, 3.63) is 64.2 Å². The summed E-state index contributed by atoms with van der Waals surface area (Å²) in [7, 11) is 0. The van der Waals surface area contributed by atoms with E-state index in [1.807, 2.05) is 0 Å². The Morgan fingerprint density at radius 3 is 2.12 bits per heavy atom. The van der Waals surface area contributed by atoms with Crippen LogP contribution in [0.5, 0.6) is 0 Å². The fourth-order valence-electron chi connectivity index (χ4n) is 4.20. The molecule has 1 heterocycles. The Morgan fingerprint density at radius 2 is 1.53 bits per heavy atom. The number of non-ortho nitro benzene ring substituents is 1. The monoisotopic (exact) mass is 437 g/mol. The number of hydrogen-bond acceptors (Lipinski definition) is 5. The molecule has 9 nitrogen and oxygen atoms in total. The van der Waals surface area contributed by atoms with Gasteiger partial charge in [-0.3, -0.25) is 14.9 Å². The van der Waals surface area contributed by atoms with Crippen LogP contribution in [0.1, 0.15) is 36.0 Å². The van der Waals surface area contributed by atoms with Crippen LogP contribution in [0.4, 0.5) is 21.9 Å². The molecule has 1 aliphatic heterocycles. The molecule has 4 rings (SSSR count). The van der Waals surface area contributed by atoms with E-state index < -0.39 is 4.92 Å². The normalized spacial score (nSPS) is 16.6. The lowest BCUT2D eigenvalue weighted by atomic mass is 10.1. The first-order chi connectivity index (χ1) is 15.5. The molecule has 2 aromatic carbocycles. The molecule has 0 aromatic heterocycles. The van der Waals surface area contributed by atoms with Crippen molar-refractivity contribution in [2.45, 2.75) is 31.7 Å². The van der Waals surface area contributed by atoms with Gasteiger partial charge in [-0.15, -0.1) is 0 Å². The van der Waals surface area contributed by atoms with E-state index in [0.29, 0.717) is 37.4 Å². The zero-order valence-corrected chi connectivity index (χ0v) is 17.8. The first-order valence-corrected chi connectivity index (χ1v) is 11.0. The number of nitro groups is 1. The Balaban J connectivity index is 1.26. The topological polar surface area (TPSA) is 108 Å². The minimum atomic E-state index is -0.416. The molecule has 0 unspecified atom stereocenters. The van der Waals surface area contributed by atoms with E-state index in [1.165, 1.54) is 12.1 Å². The smallest absolute Gasteiger partial charge is 0.321 e. The Hall–Kier alpha value is -3.62. The highest BCUT2D eigenvalue weighted by Gasteiger charge is 2.22. The number of benzene rings is 2. The molecule has 9 heteroatoms. The molecule has 1 aliphatic carbocycles. The maximum absolute atomic E-state index is 12.6. The highest BCUT2D eigenvalue weighted by molar-refractivity contribution is 5.95. The summed E-state index contributed by atoms with van der Waals surface area (Å²) >= 11 is 0. The van der Waals surface area contributed by atoms with Crippen molar-refractivity contribution in [2.24, 2.45) is 0 Å². The maximum atomic E-state index is 12.6. The van der Waals surface area contributed by atoms with Gasteiger partial charge in [-0.25, -0.2) is 4.79 Å². The van der Waals surface area contributed by atoms with Gasteiger partial charge in [-0.2, -0.15) is 0 Å². The number of rotatable bonds is 5. The Kier molecular flexibility index (Phi) is 6.53. The summed E-state index contributed by atoms with van der Waals surface area (Å²) < 4.78 is 0. The lowest BCUT2D eigenvalue weighted by Gasteiger charge is -2.36. The van der Waals surface area contributed by atoms with Crippen LogP contribution < -0.4 is 15.5 Å². The number of carbonyl (C=O) groups is 2. The van der Waals surface area contributed by atoms with Gasteiger partial charge >= 0.3 is 6.03 Å². The summed E-state index contributed by atoms with van der Waals surface area (Å²) in [6.07, 6.45) is 4.41. The second kappa shape index (κ2) is 9.67. The molecular weight excluding hydrogens is 410 g/mol. The van der Waals surface area contributed by atoms with E-state index in [0.717, 1.165) is 31.4 Å². The van der Waals surface area contributed by atoms with Crippen molar-refractivity contribution in [1.29, 1.82) is 0 Å². The highest BCUT2D eigenvalue weighted by Crippen LogP contribution is 2.21. The van der Waals surface area contributed by atoms with E-state index in [4.69, 9.17) is 0 Å². The number of amides is 3. The number of urea groups is 1. The summed E-state index contributed by atoms with van der Waals surface area (Å²) in [6, 6.07) is 13.5. The first-order valence-electron chi connectivity index (χ1n) is 11.0. The van der Waals surface area contributed by atoms with Crippen molar-refractivity contribution in [3.8, 4) is 0 Å². The fourth-order valence-corrected chi connectivity index (χ4v) is 4.20. The number of nitro benzene ring substituents is 1. The van der Waals surface area contributed by atoms with Crippen LogP contribution in [-0.4, -0.2) is 54.0 Å². The predicted molar refractivity (Wildman–Crippen MR) is 122 cm³/mol. The number of carbonyl (C=O) groups excluding carboxylic acids is 2. The quantitative estimate of drug-likeness (QED) is 0.549. The molecule has 2 N–H and O–H groups in total. The zero-order chi connectivity index (χ0) is 22.5. The fraction of sp³-hybridized carbons (Fsp3) is 0.391. The summed E-state index contributed by atoms with van der Waals surface area (Å²) in [5.41, 5.74) is 2.20. The van der Waals surface area contributed by atoms with Crippen LogP contribution >= 0.6 is 0 Å². The molecule has 3 amide bonds. The third kappa shape index (κ3) is 5.16. The molecule has 2 aliphatic rings. The van der Waals surface area contributed by atoms with Gasteiger partial charge in [0.15, 0.2) is 0 Å². The van der Waals surface area contributed by atoms with Gasteiger partial charge < -0.3 is 20.4 Å². The predicted octanol–water partition coefficient (Wildman–Crippen LogP) is 3.62. The number of nitrogens with zero attached hydrogens (tertiary/aromatic N) is 3. The summed E-state index contributed by atoms with van der Waals surface area (Å²) in [4.78, 5) is 39.2. The lowest BCUT2D eigenvalue weighted by molar-refractivity contribution is -0.384. The van der Waals surface area contributed by atoms with E-state index in [2.05, 4.69) is 15.5 Å². The van der Waals surface area contributed by atoms with Gasteiger partial charge in [0.1, 0.15) is 0 Å². The number of hydrogen-bond donors (Lipinski definition) is 2. The molecule has 32 heavy (non-hydrogen) atoms. The van der Waals surface area contributed by atoms with Crippen LogP contribution in [0.15, 0.2) is 48.5 Å². The highest BCUT2D eigenvalue weighted by atomic mass is 16.6. The third-order valence-corrected chi connectivity index (χ3v) is 6.08. The SMILES string of the molecule is O=C(NC1CCCC1)c1ccc(NC(=O)N2CCN(c3ccc([N+](=O)[O-])cc3)CC2)cc1. The molecule has 0 radical (unpaired) electrons. The van der Waals surface area contributed by atoms with Crippen LogP contribution in [0.25, 0.3) is 0 Å². The van der Waals surface area contributed by atoms with Crippen molar-refractivity contribution in [1.82, 2.24) is 10.2 Å². The number of nitrogens with one attached hydrogen (secondary N) is 2. The van der Waals surface area contributed by atoms with Gasteiger partial charge in [-0.05, 0) is 49.2 Å². The van der Waals surface area contributed by atoms with Crippen LogP contribution in [0.3, 0.4) is 0 Å². The average molecular weight is 438 g/mol. The molecule has 0 bridgehead atoms. The van der Waals surface area contributed by atoms with Crippen LogP contribution in [0, 0.1) is 10.1 Å². The van der Waals surface area contributed by atoms with Crippen molar-refractivity contribution in [3.63, 3.8) is 0 Å². The van der Waals surface area contributed by atoms with Gasteiger partial charge in [-0.1, -0.05) is 12.8 Å². The summed E-state index contributed by atoms with van der Waals surface area (Å²) in [5.74, 6) is -0.0721. The number of anilines is 2. The molecular formula is C23H27N5O4. The summed E-state index contributed by atoms with van der Waals surface area (Å²) in [5, 5.41) is 16.7. The second-order valence-corrected chi connectivity index (χ2v) is 8.21. The number of piperazine rings is 1. The Bertz CT molecular complexity index is 963. The Morgan fingerprint density at radius 1 is 0.906 bits per heavy atom. The minimum Gasteiger partial charge on any atom is -0.368 e. The standard InChI is InChI=1S/C23H27N5O4/c29-22(24-18-3-1-2-4-18)17-5-7-19(8-6-17)25-23(30)27-15-13-26(14-16-27)20-9-11-21(12-10-20)28(31)32/h5-12,18H,1-4,13-16H2,(H,24,29)(H,25,30). The van der Waals surface area contributed by atoms with Crippen molar-refractivity contribution in [2.75, 3.05) is 36.4 Å². The second-order valence-electron chi connectivity index (χ2n) is 8.21. The van der Waals surface area contributed by atoms with Crippen LogP contribution in [0.2, 0.25) is 0 Å². The first kappa shape index (κ1) is 21.6. The average Bonchev–Trinajstić information content (AvgIpc) is 3.33. The van der Waals surface area contributed by atoms with Crippen LogP contribution in [-0.2, 0) is 0 Å². The van der Waals surface area contributed by atoms with E-state index in [9.17, 15) is 19.7 Å². The van der Waals surface area contributed by atoms with E-state index in [1.54, 1.807) is 41.3 Å². The van der Waals surface area contributed by atoms with Gasteiger partial charge in [0.25, 0.3) is 11.6 Å². The van der Waals surface area contributed by atoms with Gasteiger partial charge in [0.05, 0.1) is 4.92 Å². The van der Waals surface area contributed by atoms with Crippen molar-refractivity contribution < 1.29 is 14.5 Å². The zero-order valence-electron chi connectivity index (χ0n) is 17.8. The lowest BCUT2D eigenvalue weighted by Crippen LogP contribution is -2.50. The summed E-state index contributed by atoms with van der Waals surface area (Å²) in [6.45, 7) is 2.38.